The van der Waals surface area contributed by atoms with Crippen molar-refractivity contribution in [1.82, 2.24) is 0 Å². The summed E-state index contributed by atoms with van der Waals surface area (Å²) in [5, 5.41) is 15.2. The van der Waals surface area contributed by atoms with Crippen LogP contribution in [-0.4, -0.2) is 0 Å². The van der Waals surface area contributed by atoms with Crippen molar-refractivity contribution in [2.24, 2.45) is 0 Å². The van der Waals surface area contributed by atoms with Crippen molar-refractivity contribution in [2.45, 2.75) is 0 Å². The van der Waals surface area contributed by atoms with Crippen LogP contribution in [0.5, 0.6) is 0 Å². The van der Waals surface area contributed by atoms with Gasteiger partial charge in [0, 0.05) is 0 Å². The quantitative estimate of drug-likeness (QED) is 0.139. The van der Waals surface area contributed by atoms with Crippen molar-refractivity contribution >= 4 is 64.6 Å². The van der Waals surface area contributed by atoms with Gasteiger partial charge in [-0.05, 0) is 116 Å². The van der Waals surface area contributed by atoms with Gasteiger partial charge in [0.25, 0.3) is 0 Å². The maximum atomic E-state index is 2.43. The lowest BCUT2D eigenvalue weighted by molar-refractivity contribution is 1.66. The maximum absolute atomic E-state index is 2.43. The highest BCUT2D eigenvalue weighted by Crippen LogP contribution is 2.47. The second-order valence-electron chi connectivity index (χ2n) is 12.9. The number of benzene rings is 10. The molecule has 222 valence electrons. The van der Waals surface area contributed by atoms with Crippen LogP contribution in [-0.2, 0) is 0 Å². The molecule has 48 heavy (non-hydrogen) atoms. The molecule has 10 aromatic rings. The zero-order valence-electron chi connectivity index (χ0n) is 26.3. The van der Waals surface area contributed by atoms with Crippen LogP contribution in [0, 0.1) is 0 Å². The molecule has 0 saturated carbocycles. The zero-order valence-corrected chi connectivity index (χ0v) is 26.3. The fraction of sp³-hybridized carbons (Fsp3) is 0. The van der Waals surface area contributed by atoms with Gasteiger partial charge >= 0.3 is 0 Å². The second kappa shape index (κ2) is 10.7. The predicted octanol–water partition coefficient (Wildman–Crippen LogP) is 13.6. The Morgan fingerprint density at radius 3 is 1.52 bits per heavy atom. The van der Waals surface area contributed by atoms with Gasteiger partial charge < -0.3 is 0 Å². The molecule has 0 heteroatoms. The molecule has 0 aliphatic heterocycles. The summed E-state index contributed by atoms with van der Waals surface area (Å²) in [4.78, 5) is 0. The molecule has 0 N–H and O–H groups in total. The third-order valence-corrected chi connectivity index (χ3v) is 10.2. The van der Waals surface area contributed by atoms with Crippen molar-refractivity contribution in [3.63, 3.8) is 0 Å². The lowest BCUT2D eigenvalue weighted by Crippen LogP contribution is -1.93. The minimum absolute atomic E-state index is 1.22. The Hall–Kier alpha value is -6.24. The lowest BCUT2D eigenvalue weighted by Gasteiger charge is -2.20. The topological polar surface area (TPSA) is 0 Å². The molecule has 0 aromatic heterocycles. The van der Waals surface area contributed by atoms with Crippen molar-refractivity contribution in [3.8, 4) is 33.4 Å². The Balaban J connectivity index is 1.32. The predicted molar refractivity (Wildman–Crippen MR) is 208 cm³/mol. The van der Waals surface area contributed by atoms with Gasteiger partial charge in [-0.3, -0.25) is 0 Å². The van der Waals surface area contributed by atoms with Gasteiger partial charge in [-0.2, -0.15) is 0 Å². The van der Waals surface area contributed by atoms with Gasteiger partial charge in [-0.15, -0.1) is 0 Å². The third kappa shape index (κ3) is 4.16. The summed E-state index contributed by atoms with van der Waals surface area (Å²) >= 11 is 0. The molecular weight excluding hydrogens is 577 g/mol. The Labute approximate surface area is 279 Å². The fourth-order valence-corrected chi connectivity index (χ4v) is 7.94. The number of hydrogen-bond acceptors (Lipinski definition) is 0. The Morgan fingerprint density at radius 1 is 0.208 bits per heavy atom. The van der Waals surface area contributed by atoms with Crippen molar-refractivity contribution in [2.75, 3.05) is 0 Å². The van der Waals surface area contributed by atoms with E-state index in [9.17, 15) is 0 Å². The molecule has 10 aromatic carbocycles. The molecule has 0 aliphatic rings. The van der Waals surface area contributed by atoms with Gasteiger partial charge in [0.2, 0.25) is 0 Å². The third-order valence-electron chi connectivity index (χ3n) is 10.2. The molecule has 0 spiro atoms. The van der Waals surface area contributed by atoms with Gasteiger partial charge in [-0.1, -0.05) is 164 Å². The largest absolute Gasteiger partial charge is 0.0616 e. The number of fused-ring (bicyclic) bond motifs is 7. The maximum Gasteiger partial charge on any atom is -0.00199 e. The first-order chi connectivity index (χ1) is 23.8. The second-order valence-corrected chi connectivity index (χ2v) is 12.9. The molecule has 0 fully saturated rings. The smallest absolute Gasteiger partial charge is 0.00199 e. The van der Waals surface area contributed by atoms with Crippen LogP contribution in [0.15, 0.2) is 182 Å². The average molecular weight is 607 g/mol. The number of hydrogen-bond donors (Lipinski definition) is 0. The van der Waals surface area contributed by atoms with Crippen molar-refractivity contribution in [1.29, 1.82) is 0 Å². The molecular formula is C48H30. The zero-order chi connectivity index (χ0) is 31.6. The summed E-state index contributed by atoms with van der Waals surface area (Å²) in [7, 11) is 0. The van der Waals surface area contributed by atoms with Gasteiger partial charge in [-0.25, -0.2) is 0 Å². The molecule has 0 heterocycles. The fourth-order valence-electron chi connectivity index (χ4n) is 7.94. The molecule has 10 rings (SSSR count). The van der Waals surface area contributed by atoms with E-state index in [0.717, 1.165) is 0 Å². The highest BCUT2D eigenvalue weighted by Gasteiger charge is 2.19. The molecule has 0 unspecified atom stereocenters. The molecule has 0 aliphatic carbocycles. The van der Waals surface area contributed by atoms with Gasteiger partial charge in [0.15, 0.2) is 0 Å². The van der Waals surface area contributed by atoms with Gasteiger partial charge in [0.1, 0.15) is 0 Å². The van der Waals surface area contributed by atoms with E-state index < -0.39 is 0 Å². The Morgan fingerprint density at radius 2 is 0.688 bits per heavy atom. The van der Waals surface area contributed by atoms with Crippen LogP contribution >= 0.6 is 0 Å². The standard InChI is InChI=1S/C48H30/c1-2-13-34-28-35(22-20-31(34)10-1)36-24-27-45-46(30-36)48(42-19-9-14-32-11-3-6-16-40(32)42)44-18-8-7-17-43(44)47(45)38-25-26-41-37(29-38)23-21-33-12-4-5-15-39(33)41/h1-30H. The first kappa shape index (κ1) is 26.9. The summed E-state index contributed by atoms with van der Waals surface area (Å²) in [6.45, 7) is 0. The van der Waals surface area contributed by atoms with Crippen molar-refractivity contribution in [3.05, 3.63) is 182 Å². The van der Waals surface area contributed by atoms with E-state index in [1.807, 2.05) is 0 Å². The van der Waals surface area contributed by atoms with E-state index in [1.54, 1.807) is 0 Å². The lowest BCUT2D eigenvalue weighted by atomic mass is 9.83. The van der Waals surface area contributed by atoms with Crippen LogP contribution in [0.4, 0.5) is 0 Å². The van der Waals surface area contributed by atoms with Gasteiger partial charge in [0.05, 0.1) is 0 Å². The van der Waals surface area contributed by atoms with Crippen LogP contribution in [0.3, 0.4) is 0 Å². The van der Waals surface area contributed by atoms with E-state index in [1.165, 1.54) is 98.0 Å². The van der Waals surface area contributed by atoms with E-state index in [4.69, 9.17) is 0 Å². The van der Waals surface area contributed by atoms with E-state index >= 15 is 0 Å². The summed E-state index contributed by atoms with van der Waals surface area (Å²) < 4.78 is 0. The van der Waals surface area contributed by atoms with Crippen LogP contribution in [0.1, 0.15) is 0 Å². The summed E-state index contributed by atoms with van der Waals surface area (Å²) in [6.07, 6.45) is 0. The summed E-state index contributed by atoms with van der Waals surface area (Å²) in [5.41, 5.74) is 7.52. The minimum atomic E-state index is 1.22. The minimum Gasteiger partial charge on any atom is -0.0616 e. The average Bonchev–Trinajstić information content (AvgIpc) is 3.16. The SMILES string of the molecule is c1ccc2cc(-c3ccc4c(-c5ccc6c(ccc7ccccc76)c5)c5ccccc5c(-c5cccc6ccccc56)c4c3)ccc2c1. The molecule has 0 atom stereocenters. The van der Waals surface area contributed by atoms with E-state index in [0.29, 0.717) is 0 Å². The summed E-state index contributed by atoms with van der Waals surface area (Å²) in [6, 6.07) is 67.2. The van der Waals surface area contributed by atoms with Crippen LogP contribution in [0.2, 0.25) is 0 Å². The monoisotopic (exact) mass is 606 g/mol. The highest BCUT2D eigenvalue weighted by molar-refractivity contribution is 6.24. The normalized spacial score (nSPS) is 11.8. The van der Waals surface area contributed by atoms with Crippen molar-refractivity contribution < 1.29 is 0 Å². The van der Waals surface area contributed by atoms with Crippen LogP contribution in [0.25, 0.3) is 98.0 Å². The molecule has 0 nitrogen and oxygen atoms in total. The summed E-state index contributed by atoms with van der Waals surface area (Å²) in [5.74, 6) is 0. The first-order valence-corrected chi connectivity index (χ1v) is 16.7. The molecule has 0 bridgehead atoms. The Bertz CT molecular complexity index is 2890. The first-order valence-electron chi connectivity index (χ1n) is 16.7. The molecule has 0 radical (unpaired) electrons. The Kier molecular flexibility index (Phi) is 5.98. The molecule has 0 saturated heterocycles. The highest BCUT2D eigenvalue weighted by atomic mass is 14.2. The van der Waals surface area contributed by atoms with Crippen LogP contribution < -0.4 is 0 Å². The molecule has 0 amide bonds. The van der Waals surface area contributed by atoms with E-state index in [-0.39, 0.29) is 0 Å². The number of rotatable bonds is 3. The van der Waals surface area contributed by atoms with E-state index in [2.05, 4.69) is 182 Å².